The molecule has 180 valence electrons. The molecule has 12 nitrogen and oxygen atoms in total. The predicted octanol–water partition coefficient (Wildman–Crippen LogP) is 2.33. The first-order valence-corrected chi connectivity index (χ1v) is 10.7. The van der Waals surface area contributed by atoms with Crippen molar-refractivity contribution in [3.63, 3.8) is 0 Å². The second kappa shape index (κ2) is 10.2. The molecule has 2 amide bonds. The van der Waals surface area contributed by atoms with Gasteiger partial charge >= 0.3 is 11.8 Å². The maximum absolute atomic E-state index is 14.4. The summed E-state index contributed by atoms with van der Waals surface area (Å²) in [5.74, 6) is -3.40. The number of benzene rings is 1. The molecule has 3 atom stereocenters. The van der Waals surface area contributed by atoms with E-state index in [9.17, 15) is 23.2 Å². The highest BCUT2D eigenvalue weighted by Crippen LogP contribution is 2.42. The first kappa shape index (κ1) is 23.7. The molecular weight excluding hydrogens is 479 g/mol. The number of alkyl halides is 2. The maximum atomic E-state index is 14.4. The Morgan fingerprint density at radius 1 is 1.32 bits per heavy atom. The average molecular weight is 497 g/mol. The van der Waals surface area contributed by atoms with Crippen LogP contribution in [0.15, 0.2) is 45.7 Å². The van der Waals surface area contributed by atoms with Crippen molar-refractivity contribution in [2.75, 3.05) is 11.9 Å². The van der Waals surface area contributed by atoms with Crippen molar-refractivity contribution in [1.82, 2.24) is 19.6 Å². The van der Waals surface area contributed by atoms with Gasteiger partial charge in [-0.1, -0.05) is 12.1 Å². The topological polar surface area (TPSA) is 147 Å². The van der Waals surface area contributed by atoms with Crippen LogP contribution >= 0.6 is 8.96 Å². The van der Waals surface area contributed by atoms with Crippen LogP contribution in [0.2, 0.25) is 0 Å². The number of hydrogen-bond acceptors (Lipinski definition) is 9. The molecule has 0 radical (unpaired) electrons. The highest BCUT2D eigenvalue weighted by molar-refractivity contribution is 7.30. The summed E-state index contributed by atoms with van der Waals surface area (Å²) in [4.78, 5) is 42.3. The minimum absolute atomic E-state index is 0.168. The fourth-order valence-electron chi connectivity index (χ4n) is 3.21. The second-order valence-corrected chi connectivity index (χ2v) is 7.81. The van der Waals surface area contributed by atoms with Gasteiger partial charge in [-0.25, -0.2) is 23.4 Å². The van der Waals surface area contributed by atoms with Crippen molar-refractivity contribution in [2.24, 2.45) is 0 Å². The van der Waals surface area contributed by atoms with Gasteiger partial charge in [-0.3, -0.25) is 14.7 Å². The van der Waals surface area contributed by atoms with E-state index in [4.69, 9.17) is 18.4 Å². The summed E-state index contributed by atoms with van der Waals surface area (Å²) < 4.78 is 50.2. The lowest BCUT2D eigenvalue weighted by molar-refractivity contribution is -0.119. The molecule has 34 heavy (non-hydrogen) atoms. The van der Waals surface area contributed by atoms with Crippen LogP contribution in [0.3, 0.4) is 0 Å². The number of nitrogens with one attached hydrogen (secondary N) is 2. The van der Waals surface area contributed by atoms with Crippen molar-refractivity contribution in [3.8, 4) is 0 Å². The third-order valence-corrected chi connectivity index (χ3v) is 5.17. The number of fused-ring (bicyclic) bond motifs is 1. The van der Waals surface area contributed by atoms with Gasteiger partial charge in [-0.05, 0) is 18.2 Å². The molecular formula is C19H18F2N5O7P. The Morgan fingerprint density at radius 3 is 2.91 bits per heavy atom. The Morgan fingerprint density at radius 2 is 2.15 bits per heavy atom. The van der Waals surface area contributed by atoms with Gasteiger partial charge in [0.15, 0.2) is 12.2 Å². The lowest BCUT2D eigenvalue weighted by Crippen LogP contribution is -2.35. The second-order valence-electron chi connectivity index (χ2n) is 7.03. The summed E-state index contributed by atoms with van der Waals surface area (Å²) in [6.45, 7) is -0.467. The van der Waals surface area contributed by atoms with Crippen LogP contribution in [0.5, 0.6) is 0 Å². The summed E-state index contributed by atoms with van der Waals surface area (Å²) in [5, 5.41) is 4.49. The molecule has 3 unspecified atom stereocenters. The number of aromatic nitrogens is 3. The van der Waals surface area contributed by atoms with E-state index < -0.39 is 45.4 Å². The van der Waals surface area contributed by atoms with Crippen LogP contribution in [0, 0.1) is 0 Å². The number of rotatable bonds is 9. The number of carbonyl (C=O) groups is 2. The molecule has 0 aliphatic carbocycles. The lowest BCUT2D eigenvalue weighted by Gasteiger charge is -2.19. The van der Waals surface area contributed by atoms with Crippen LogP contribution in [-0.4, -0.2) is 45.7 Å². The van der Waals surface area contributed by atoms with E-state index in [0.29, 0.717) is 22.1 Å². The van der Waals surface area contributed by atoms with E-state index >= 15 is 0 Å². The monoisotopic (exact) mass is 497 g/mol. The zero-order chi connectivity index (χ0) is 24.1. The minimum Gasteiger partial charge on any atom is -0.439 e. The van der Waals surface area contributed by atoms with Gasteiger partial charge in [-0.2, -0.15) is 4.98 Å². The average Bonchev–Trinajstić information content (AvgIpc) is 3.35. The Balaban J connectivity index is 1.34. The quantitative estimate of drug-likeness (QED) is 0.258. The number of ether oxygens (including phenoxy) is 2. The summed E-state index contributed by atoms with van der Waals surface area (Å²) >= 11 is 0. The fraction of sp³-hybridized carbons (Fsp3) is 0.316. The molecule has 1 aliphatic heterocycles. The van der Waals surface area contributed by atoms with Crippen molar-refractivity contribution in [1.29, 1.82) is 0 Å². The van der Waals surface area contributed by atoms with E-state index in [-0.39, 0.29) is 24.9 Å². The van der Waals surface area contributed by atoms with E-state index in [1.165, 1.54) is 0 Å². The summed E-state index contributed by atoms with van der Waals surface area (Å²) in [6, 6.07) is 8.15. The highest BCUT2D eigenvalue weighted by Gasteiger charge is 2.51. The lowest BCUT2D eigenvalue weighted by atomic mass is 10.2. The van der Waals surface area contributed by atoms with Gasteiger partial charge in [0.1, 0.15) is 20.3 Å². The zero-order valence-corrected chi connectivity index (χ0v) is 18.3. The predicted molar refractivity (Wildman–Crippen MR) is 113 cm³/mol. The van der Waals surface area contributed by atoms with Crippen molar-refractivity contribution in [2.45, 2.75) is 31.3 Å². The Labute approximate surface area is 191 Å². The molecule has 1 aromatic carbocycles. The Kier molecular flexibility index (Phi) is 7.10. The smallest absolute Gasteiger partial charge is 0.413 e. The van der Waals surface area contributed by atoms with E-state index in [2.05, 4.69) is 20.4 Å². The Hall–Kier alpha value is -3.48. The molecule has 2 aromatic heterocycles. The third-order valence-electron chi connectivity index (χ3n) is 4.62. The van der Waals surface area contributed by atoms with Crippen molar-refractivity contribution < 1.29 is 36.8 Å². The SMILES string of the molecule is O=CNPOCC1CC(F)(F)C(n2ccc(NC(=O)OCc3nc4ccccc4o3)nc2=O)O1. The largest absolute Gasteiger partial charge is 0.439 e. The van der Waals surface area contributed by atoms with Crippen molar-refractivity contribution >= 4 is 38.4 Å². The number of hydrogen-bond donors (Lipinski definition) is 2. The summed E-state index contributed by atoms with van der Waals surface area (Å²) in [6.07, 6.45) is -3.08. The molecule has 1 fully saturated rings. The third kappa shape index (κ3) is 5.53. The minimum atomic E-state index is -3.37. The first-order chi connectivity index (χ1) is 16.4. The van der Waals surface area contributed by atoms with Gasteiger partial charge in [0.05, 0.1) is 12.7 Å². The van der Waals surface area contributed by atoms with Gasteiger partial charge in [-0.15, -0.1) is 0 Å². The van der Waals surface area contributed by atoms with E-state index in [0.717, 1.165) is 12.3 Å². The number of para-hydroxylation sites is 2. The highest BCUT2D eigenvalue weighted by atomic mass is 31.1. The molecule has 15 heteroatoms. The number of nitrogens with zero attached hydrogens (tertiary/aromatic N) is 3. The van der Waals surface area contributed by atoms with Gasteiger partial charge in [0.2, 0.25) is 18.5 Å². The zero-order valence-electron chi connectivity index (χ0n) is 17.3. The van der Waals surface area contributed by atoms with E-state index in [1.54, 1.807) is 24.3 Å². The van der Waals surface area contributed by atoms with Crippen LogP contribution in [0.4, 0.5) is 19.4 Å². The number of amides is 2. The van der Waals surface area contributed by atoms with Crippen molar-refractivity contribution in [3.05, 3.63) is 52.9 Å². The summed E-state index contributed by atoms with van der Waals surface area (Å²) in [5.41, 5.74) is 0.0709. The normalized spacial score (nSPS) is 19.5. The summed E-state index contributed by atoms with van der Waals surface area (Å²) in [7, 11) is -0.406. The fourth-order valence-corrected chi connectivity index (χ4v) is 3.61. The van der Waals surface area contributed by atoms with Gasteiger partial charge in [0, 0.05) is 12.6 Å². The number of oxazole rings is 1. The molecule has 0 bridgehead atoms. The van der Waals surface area contributed by atoms with E-state index in [1.807, 2.05) is 0 Å². The number of carbonyl (C=O) groups excluding carboxylic acids is 2. The van der Waals surface area contributed by atoms with Crippen LogP contribution in [0.25, 0.3) is 11.1 Å². The molecule has 3 aromatic rings. The van der Waals surface area contributed by atoms with Crippen LogP contribution < -0.4 is 16.1 Å². The van der Waals surface area contributed by atoms with Crippen LogP contribution in [-0.2, 0) is 25.4 Å². The molecule has 0 saturated carbocycles. The van der Waals surface area contributed by atoms with Gasteiger partial charge < -0.3 is 23.5 Å². The van der Waals surface area contributed by atoms with Crippen LogP contribution in [0.1, 0.15) is 18.5 Å². The molecule has 3 heterocycles. The first-order valence-electron chi connectivity index (χ1n) is 9.82. The number of anilines is 1. The molecule has 0 spiro atoms. The Bertz CT molecular complexity index is 1200. The molecule has 2 N–H and O–H groups in total. The van der Waals surface area contributed by atoms with Gasteiger partial charge in [0.25, 0.3) is 5.92 Å². The molecule has 1 aliphatic rings. The molecule has 4 rings (SSSR count). The molecule has 1 saturated heterocycles. The number of halogens is 2. The maximum Gasteiger partial charge on any atom is 0.413 e. The standard InChI is InChI=1S/C19H18F2N5O7P/c20-19(21)7-11(8-31-34-22-10-27)32-16(19)26-6-5-14(24-17(26)28)25-18(29)30-9-15-23-12-3-1-2-4-13(12)33-15/h1-6,10-11,16,34H,7-9H2,(H,22,27)(H,24,25,28,29).